The topological polar surface area (TPSA) is 53.0 Å². The van der Waals surface area contributed by atoms with Crippen LogP contribution >= 0.6 is 15.9 Å². The predicted octanol–water partition coefficient (Wildman–Crippen LogP) is 2.83. The monoisotopic (exact) mass is 337 g/mol. The molecule has 108 valence electrons. The molecule has 1 saturated carbocycles. The van der Waals surface area contributed by atoms with Crippen molar-refractivity contribution in [2.24, 2.45) is 25.7 Å². The summed E-state index contributed by atoms with van der Waals surface area (Å²) < 4.78 is 4.36. The first kappa shape index (κ1) is 13.9. The third kappa shape index (κ3) is 2.04. The van der Waals surface area contributed by atoms with Gasteiger partial charge in [-0.15, -0.1) is 0 Å². The number of hydrogen-bond donors (Lipinski definition) is 1. The molecule has 1 unspecified atom stereocenters. The third-order valence-electron chi connectivity index (χ3n) is 4.66. The lowest BCUT2D eigenvalue weighted by Gasteiger charge is -2.20. The summed E-state index contributed by atoms with van der Waals surface area (Å²) in [5.41, 5.74) is 9.46. The number of aromatic nitrogens is 2. The van der Waals surface area contributed by atoms with Crippen LogP contribution in [0.25, 0.3) is 11.0 Å². The number of imidazole rings is 1. The highest BCUT2D eigenvalue weighted by atomic mass is 79.9. The van der Waals surface area contributed by atoms with Crippen molar-refractivity contribution in [1.29, 1.82) is 0 Å². The Morgan fingerprint density at radius 3 is 2.35 bits per heavy atom. The van der Waals surface area contributed by atoms with Crippen molar-refractivity contribution < 1.29 is 0 Å². The van der Waals surface area contributed by atoms with Gasteiger partial charge in [0.2, 0.25) is 0 Å². The van der Waals surface area contributed by atoms with Gasteiger partial charge in [-0.25, -0.2) is 4.79 Å². The van der Waals surface area contributed by atoms with Crippen molar-refractivity contribution in [1.82, 2.24) is 9.13 Å². The van der Waals surface area contributed by atoms with Crippen LogP contribution in [-0.4, -0.2) is 9.13 Å². The van der Waals surface area contributed by atoms with Crippen LogP contribution in [-0.2, 0) is 14.1 Å². The zero-order valence-corrected chi connectivity index (χ0v) is 13.5. The van der Waals surface area contributed by atoms with Crippen LogP contribution in [0.2, 0.25) is 0 Å². The predicted molar refractivity (Wildman–Crippen MR) is 84.7 cm³/mol. The van der Waals surface area contributed by atoms with Gasteiger partial charge >= 0.3 is 5.69 Å². The summed E-state index contributed by atoms with van der Waals surface area (Å²) in [6, 6.07) is 4.14. The van der Waals surface area contributed by atoms with E-state index in [9.17, 15) is 4.79 Å². The Hall–Kier alpha value is -1.07. The standard InChI is InChI=1S/C15H20BrN3O/c1-18-12-7-10(14(17)9-5-3-4-6-9)11(16)8-13(12)19(2)15(18)20/h7-9,14H,3-6,17H2,1-2H3. The quantitative estimate of drug-likeness (QED) is 0.915. The Labute approximate surface area is 126 Å². The smallest absolute Gasteiger partial charge is 0.324 e. The summed E-state index contributed by atoms with van der Waals surface area (Å²) in [5.74, 6) is 0.560. The molecule has 0 amide bonds. The number of fused-ring (bicyclic) bond motifs is 1. The van der Waals surface area contributed by atoms with E-state index in [0.717, 1.165) is 21.1 Å². The van der Waals surface area contributed by atoms with Crippen molar-refractivity contribution in [2.75, 3.05) is 0 Å². The second-order valence-electron chi connectivity index (χ2n) is 5.83. The Morgan fingerprint density at radius 1 is 1.20 bits per heavy atom. The average molecular weight is 338 g/mol. The summed E-state index contributed by atoms with van der Waals surface area (Å²) >= 11 is 3.63. The van der Waals surface area contributed by atoms with Crippen molar-refractivity contribution in [3.8, 4) is 0 Å². The summed E-state index contributed by atoms with van der Waals surface area (Å²) in [5, 5.41) is 0. The molecule has 1 aromatic carbocycles. The number of nitrogens with zero attached hydrogens (tertiary/aromatic N) is 2. The molecule has 1 aliphatic carbocycles. The van der Waals surface area contributed by atoms with E-state index < -0.39 is 0 Å². The number of rotatable bonds is 2. The fourth-order valence-corrected chi connectivity index (χ4v) is 3.96. The van der Waals surface area contributed by atoms with Gasteiger partial charge in [-0.1, -0.05) is 28.8 Å². The summed E-state index contributed by atoms with van der Waals surface area (Å²) in [4.78, 5) is 12.0. The zero-order chi connectivity index (χ0) is 14.4. The number of halogens is 1. The van der Waals surface area contributed by atoms with Crippen LogP contribution in [0, 0.1) is 5.92 Å². The molecule has 1 aliphatic rings. The van der Waals surface area contributed by atoms with E-state index in [4.69, 9.17) is 5.73 Å². The van der Waals surface area contributed by atoms with Crippen LogP contribution < -0.4 is 11.4 Å². The first-order valence-electron chi connectivity index (χ1n) is 7.11. The van der Waals surface area contributed by atoms with Crippen LogP contribution in [0.15, 0.2) is 21.4 Å². The zero-order valence-electron chi connectivity index (χ0n) is 11.9. The van der Waals surface area contributed by atoms with E-state index in [2.05, 4.69) is 22.0 Å². The number of hydrogen-bond acceptors (Lipinski definition) is 2. The molecule has 0 saturated heterocycles. The lowest BCUT2D eigenvalue weighted by atomic mass is 9.92. The fourth-order valence-electron chi connectivity index (χ4n) is 3.36. The molecule has 2 aromatic rings. The van der Waals surface area contributed by atoms with Crippen molar-refractivity contribution in [3.05, 3.63) is 32.7 Å². The van der Waals surface area contributed by atoms with Gasteiger partial charge in [-0.3, -0.25) is 9.13 Å². The Bertz CT molecular complexity index is 710. The van der Waals surface area contributed by atoms with Crippen LogP contribution in [0.4, 0.5) is 0 Å². The minimum Gasteiger partial charge on any atom is -0.324 e. The van der Waals surface area contributed by atoms with Crippen molar-refractivity contribution >= 4 is 27.0 Å². The molecule has 1 aromatic heterocycles. The van der Waals surface area contributed by atoms with Crippen LogP contribution in [0.5, 0.6) is 0 Å². The second kappa shape index (κ2) is 5.04. The molecular formula is C15H20BrN3O. The molecule has 4 nitrogen and oxygen atoms in total. The minimum atomic E-state index is -0.00140. The van der Waals surface area contributed by atoms with E-state index in [1.54, 1.807) is 16.2 Å². The van der Waals surface area contributed by atoms with E-state index in [-0.39, 0.29) is 11.7 Å². The molecule has 5 heteroatoms. The molecule has 3 rings (SSSR count). The molecule has 0 bridgehead atoms. The maximum atomic E-state index is 12.0. The van der Waals surface area contributed by atoms with E-state index in [1.807, 2.05) is 13.1 Å². The highest BCUT2D eigenvalue weighted by Crippen LogP contribution is 2.37. The van der Waals surface area contributed by atoms with Gasteiger partial charge < -0.3 is 5.73 Å². The SMILES string of the molecule is Cn1c(=O)n(C)c2cc(C(N)C3CCCC3)c(Br)cc21. The molecule has 1 atom stereocenters. The molecule has 1 fully saturated rings. The van der Waals surface area contributed by atoms with Gasteiger partial charge in [0.1, 0.15) is 0 Å². The van der Waals surface area contributed by atoms with E-state index in [1.165, 1.54) is 25.7 Å². The lowest BCUT2D eigenvalue weighted by Crippen LogP contribution is -2.20. The molecule has 2 N–H and O–H groups in total. The van der Waals surface area contributed by atoms with Gasteiger partial charge in [0, 0.05) is 24.6 Å². The third-order valence-corrected chi connectivity index (χ3v) is 5.34. The highest BCUT2D eigenvalue weighted by molar-refractivity contribution is 9.10. The molecule has 20 heavy (non-hydrogen) atoms. The molecule has 1 heterocycles. The largest absolute Gasteiger partial charge is 0.328 e. The summed E-state index contributed by atoms with van der Waals surface area (Å²) in [7, 11) is 3.61. The summed E-state index contributed by atoms with van der Waals surface area (Å²) in [6.45, 7) is 0. The van der Waals surface area contributed by atoms with Crippen molar-refractivity contribution in [3.63, 3.8) is 0 Å². The molecular weight excluding hydrogens is 318 g/mol. The number of aryl methyl sites for hydroxylation is 2. The van der Waals surface area contributed by atoms with Gasteiger partial charge in [0.25, 0.3) is 0 Å². The normalized spacial score (nSPS) is 18.0. The van der Waals surface area contributed by atoms with Gasteiger partial charge in [0.15, 0.2) is 0 Å². The van der Waals surface area contributed by atoms with Gasteiger partial charge in [0.05, 0.1) is 11.0 Å². The Kier molecular flexibility index (Phi) is 3.50. The summed E-state index contributed by atoms with van der Waals surface area (Å²) in [6.07, 6.45) is 4.98. The molecule has 0 radical (unpaired) electrons. The minimum absolute atomic E-state index is 0.00140. The average Bonchev–Trinajstić information content (AvgIpc) is 3.03. The Balaban J connectivity index is 2.14. The lowest BCUT2D eigenvalue weighted by molar-refractivity contribution is 0.444. The maximum absolute atomic E-state index is 12.0. The van der Waals surface area contributed by atoms with Gasteiger partial charge in [-0.2, -0.15) is 0 Å². The van der Waals surface area contributed by atoms with Gasteiger partial charge in [-0.05, 0) is 36.5 Å². The number of nitrogens with two attached hydrogens (primary N) is 1. The fraction of sp³-hybridized carbons (Fsp3) is 0.533. The number of benzene rings is 1. The molecule has 0 aliphatic heterocycles. The first-order chi connectivity index (χ1) is 9.50. The Morgan fingerprint density at radius 2 is 1.75 bits per heavy atom. The maximum Gasteiger partial charge on any atom is 0.328 e. The molecule has 0 spiro atoms. The van der Waals surface area contributed by atoms with Crippen LogP contribution in [0.3, 0.4) is 0 Å². The van der Waals surface area contributed by atoms with Crippen molar-refractivity contribution in [2.45, 2.75) is 31.7 Å². The van der Waals surface area contributed by atoms with Crippen LogP contribution in [0.1, 0.15) is 37.3 Å². The van der Waals surface area contributed by atoms with E-state index >= 15 is 0 Å². The second-order valence-corrected chi connectivity index (χ2v) is 6.69. The van der Waals surface area contributed by atoms with E-state index in [0.29, 0.717) is 5.92 Å². The first-order valence-corrected chi connectivity index (χ1v) is 7.90. The highest BCUT2D eigenvalue weighted by Gasteiger charge is 2.25.